The van der Waals surface area contributed by atoms with E-state index < -0.39 is 0 Å². The molecule has 1 N–H and O–H groups in total. The number of nitrogens with one attached hydrogen (secondary N) is 1. The van der Waals surface area contributed by atoms with Crippen LogP contribution < -0.4 is 5.32 Å². The van der Waals surface area contributed by atoms with E-state index in [1.54, 1.807) is 17.0 Å². The molecule has 4 heteroatoms. The van der Waals surface area contributed by atoms with Crippen LogP contribution in [0.25, 0.3) is 0 Å². The predicted octanol–water partition coefficient (Wildman–Crippen LogP) is 1.29. The van der Waals surface area contributed by atoms with Crippen molar-refractivity contribution in [2.45, 2.75) is 19.8 Å². The summed E-state index contributed by atoms with van der Waals surface area (Å²) in [6.45, 7) is 6.21. The molecule has 0 aliphatic rings. The third kappa shape index (κ3) is 2.94. The van der Waals surface area contributed by atoms with Gasteiger partial charge in [0.15, 0.2) is 0 Å². The largest absolute Gasteiger partial charge is 0.352 e. The van der Waals surface area contributed by atoms with Crippen molar-refractivity contribution >= 4 is 5.91 Å². The summed E-state index contributed by atoms with van der Waals surface area (Å²) in [5.74, 6) is -0.0539. The minimum atomic E-state index is -0.0539. The van der Waals surface area contributed by atoms with Crippen molar-refractivity contribution < 1.29 is 4.79 Å². The molecule has 82 valence electrons. The van der Waals surface area contributed by atoms with Crippen molar-refractivity contribution in [3.8, 4) is 0 Å². The number of amides is 1. The summed E-state index contributed by atoms with van der Waals surface area (Å²) in [6, 6.07) is 0. The maximum atomic E-state index is 11.7. The first-order valence-corrected chi connectivity index (χ1v) is 5.10. The Labute approximate surface area is 90.0 Å². The number of aryl methyl sites for hydroxylation is 2. The maximum Gasteiger partial charge on any atom is 0.254 e. The van der Waals surface area contributed by atoms with E-state index in [9.17, 15) is 4.79 Å². The van der Waals surface area contributed by atoms with Crippen LogP contribution in [-0.4, -0.2) is 22.2 Å². The zero-order chi connectivity index (χ0) is 11.3. The van der Waals surface area contributed by atoms with Crippen LogP contribution in [-0.2, 0) is 13.5 Å². The van der Waals surface area contributed by atoms with Crippen molar-refractivity contribution in [2.24, 2.45) is 7.05 Å². The Kier molecular flexibility index (Phi) is 4.09. The van der Waals surface area contributed by atoms with E-state index in [0.29, 0.717) is 12.1 Å². The number of rotatable bonds is 5. The van der Waals surface area contributed by atoms with Gasteiger partial charge in [0.05, 0.1) is 11.3 Å². The second-order valence-electron chi connectivity index (χ2n) is 3.35. The Morgan fingerprint density at radius 3 is 3.07 bits per heavy atom. The molecule has 1 aromatic heterocycles. The Hall–Kier alpha value is -1.58. The standard InChI is InChI=1S/C11H17N3O/c1-4-6-7-12-11(15)9-8-14(3)13-10(9)5-2/h4,8H,1,5-7H2,2-3H3,(H,12,15). The van der Waals surface area contributed by atoms with Crippen LogP contribution in [0.4, 0.5) is 0 Å². The van der Waals surface area contributed by atoms with E-state index in [-0.39, 0.29) is 5.91 Å². The van der Waals surface area contributed by atoms with Gasteiger partial charge in [-0.05, 0) is 12.8 Å². The second kappa shape index (κ2) is 5.34. The Morgan fingerprint density at radius 2 is 2.47 bits per heavy atom. The molecule has 0 atom stereocenters. The average molecular weight is 207 g/mol. The molecule has 0 radical (unpaired) electrons. The van der Waals surface area contributed by atoms with Crippen molar-refractivity contribution in [2.75, 3.05) is 6.54 Å². The van der Waals surface area contributed by atoms with E-state index in [1.165, 1.54) is 0 Å². The van der Waals surface area contributed by atoms with Gasteiger partial charge < -0.3 is 5.32 Å². The highest BCUT2D eigenvalue weighted by molar-refractivity contribution is 5.95. The van der Waals surface area contributed by atoms with Gasteiger partial charge >= 0.3 is 0 Å². The van der Waals surface area contributed by atoms with Crippen LogP contribution in [0.5, 0.6) is 0 Å². The highest BCUT2D eigenvalue weighted by atomic mass is 16.1. The van der Waals surface area contributed by atoms with E-state index in [1.807, 2.05) is 14.0 Å². The molecule has 0 aromatic carbocycles. The van der Waals surface area contributed by atoms with Gasteiger partial charge in [-0.2, -0.15) is 5.10 Å². The molecule has 4 nitrogen and oxygen atoms in total. The highest BCUT2D eigenvalue weighted by Gasteiger charge is 2.12. The zero-order valence-corrected chi connectivity index (χ0v) is 9.29. The topological polar surface area (TPSA) is 46.9 Å². The minimum absolute atomic E-state index is 0.0539. The molecular formula is C11H17N3O. The molecule has 1 heterocycles. The van der Waals surface area contributed by atoms with Crippen LogP contribution >= 0.6 is 0 Å². The average Bonchev–Trinajstić information content (AvgIpc) is 2.60. The van der Waals surface area contributed by atoms with Gasteiger partial charge in [0, 0.05) is 19.8 Å². The van der Waals surface area contributed by atoms with Gasteiger partial charge in [0.1, 0.15) is 0 Å². The fraction of sp³-hybridized carbons (Fsp3) is 0.455. The lowest BCUT2D eigenvalue weighted by Gasteiger charge is -2.01. The molecule has 0 spiro atoms. The van der Waals surface area contributed by atoms with Gasteiger partial charge in [0.25, 0.3) is 5.91 Å². The van der Waals surface area contributed by atoms with Crippen LogP contribution in [0, 0.1) is 0 Å². The molecule has 0 saturated heterocycles. The summed E-state index contributed by atoms with van der Waals surface area (Å²) in [7, 11) is 1.82. The van der Waals surface area contributed by atoms with Gasteiger partial charge in [-0.1, -0.05) is 13.0 Å². The first-order valence-electron chi connectivity index (χ1n) is 5.10. The number of aromatic nitrogens is 2. The summed E-state index contributed by atoms with van der Waals surface area (Å²) >= 11 is 0. The molecule has 0 fully saturated rings. The third-order valence-corrected chi connectivity index (χ3v) is 2.12. The number of carbonyl (C=O) groups excluding carboxylic acids is 1. The van der Waals surface area contributed by atoms with Crippen LogP contribution in [0.1, 0.15) is 29.4 Å². The number of hydrogen-bond acceptors (Lipinski definition) is 2. The highest BCUT2D eigenvalue weighted by Crippen LogP contribution is 2.06. The first-order chi connectivity index (χ1) is 7.19. The quantitative estimate of drug-likeness (QED) is 0.584. The molecule has 0 saturated carbocycles. The molecule has 15 heavy (non-hydrogen) atoms. The van der Waals surface area contributed by atoms with Crippen molar-refractivity contribution in [3.05, 3.63) is 30.1 Å². The SMILES string of the molecule is C=CCCNC(=O)c1cn(C)nc1CC. The normalized spacial score (nSPS) is 10.0. The second-order valence-corrected chi connectivity index (χ2v) is 3.35. The summed E-state index contributed by atoms with van der Waals surface area (Å²) in [5.41, 5.74) is 1.51. The molecule has 0 bridgehead atoms. The molecular weight excluding hydrogens is 190 g/mol. The minimum Gasteiger partial charge on any atom is -0.352 e. The van der Waals surface area contributed by atoms with Crippen molar-refractivity contribution in [1.82, 2.24) is 15.1 Å². The van der Waals surface area contributed by atoms with Crippen molar-refractivity contribution in [1.29, 1.82) is 0 Å². The van der Waals surface area contributed by atoms with E-state index in [2.05, 4.69) is 17.0 Å². The van der Waals surface area contributed by atoms with E-state index in [0.717, 1.165) is 18.5 Å². The number of hydrogen-bond donors (Lipinski definition) is 1. The van der Waals surface area contributed by atoms with Gasteiger partial charge in [-0.15, -0.1) is 6.58 Å². The molecule has 0 unspecified atom stereocenters. The van der Waals surface area contributed by atoms with Gasteiger partial charge in [-0.3, -0.25) is 9.48 Å². The lowest BCUT2D eigenvalue weighted by Crippen LogP contribution is -2.24. The zero-order valence-electron chi connectivity index (χ0n) is 9.29. The van der Waals surface area contributed by atoms with Gasteiger partial charge in [-0.25, -0.2) is 0 Å². The smallest absolute Gasteiger partial charge is 0.254 e. The summed E-state index contributed by atoms with van der Waals surface area (Å²) in [5, 5.41) is 7.04. The van der Waals surface area contributed by atoms with Gasteiger partial charge in [0.2, 0.25) is 0 Å². The molecule has 1 rings (SSSR count). The molecule has 0 aliphatic carbocycles. The maximum absolute atomic E-state index is 11.7. The third-order valence-electron chi connectivity index (χ3n) is 2.12. The Balaban J connectivity index is 2.67. The fourth-order valence-corrected chi connectivity index (χ4v) is 1.37. The van der Waals surface area contributed by atoms with Crippen LogP contribution in [0.2, 0.25) is 0 Å². The fourth-order valence-electron chi connectivity index (χ4n) is 1.37. The lowest BCUT2D eigenvalue weighted by molar-refractivity contribution is 0.0953. The lowest BCUT2D eigenvalue weighted by atomic mass is 10.2. The summed E-state index contributed by atoms with van der Waals surface area (Å²) in [6.07, 6.45) is 5.09. The van der Waals surface area contributed by atoms with E-state index >= 15 is 0 Å². The number of nitrogens with zero attached hydrogens (tertiary/aromatic N) is 2. The predicted molar refractivity (Wildman–Crippen MR) is 59.7 cm³/mol. The number of carbonyl (C=O) groups is 1. The summed E-state index contributed by atoms with van der Waals surface area (Å²) < 4.78 is 1.67. The molecule has 1 amide bonds. The van der Waals surface area contributed by atoms with E-state index in [4.69, 9.17) is 0 Å². The van der Waals surface area contributed by atoms with Crippen molar-refractivity contribution in [3.63, 3.8) is 0 Å². The first kappa shape index (κ1) is 11.5. The Morgan fingerprint density at radius 1 is 1.73 bits per heavy atom. The Bertz CT molecular complexity index is 355. The monoisotopic (exact) mass is 207 g/mol. The molecule has 0 aliphatic heterocycles. The summed E-state index contributed by atoms with van der Waals surface area (Å²) in [4.78, 5) is 11.7. The van der Waals surface area contributed by atoms with Crippen LogP contribution in [0.3, 0.4) is 0 Å². The van der Waals surface area contributed by atoms with Crippen LogP contribution in [0.15, 0.2) is 18.9 Å². The molecule has 1 aromatic rings.